The number of ether oxygens (including phenoxy) is 2. The minimum absolute atomic E-state index is 0.0996. The first-order valence-corrected chi connectivity index (χ1v) is 23.1. The maximum absolute atomic E-state index is 12.4. The molecule has 54 heavy (non-hydrogen) atoms. The van der Waals surface area contributed by atoms with Gasteiger partial charge in [-0.1, -0.05) is 154 Å². The van der Waals surface area contributed by atoms with Crippen molar-refractivity contribution in [3.05, 3.63) is 59.7 Å². The first-order chi connectivity index (χ1) is 26.5. The average molecular weight is 743 g/mol. The average Bonchev–Trinajstić information content (AvgIpc) is 3.19. The Morgan fingerprint density at radius 1 is 0.426 bits per heavy atom. The molecule has 0 heterocycles. The Bertz CT molecular complexity index is 1150. The highest BCUT2D eigenvalue weighted by atomic mass is 16.5. The van der Waals surface area contributed by atoms with Crippen molar-refractivity contribution >= 4 is 11.9 Å². The summed E-state index contributed by atoms with van der Waals surface area (Å²) in [6.07, 6.45) is 36.8. The highest BCUT2D eigenvalue weighted by molar-refractivity contribution is 5.72. The Balaban J connectivity index is 0.906. The summed E-state index contributed by atoms with van der Waals surface area (Å²) in [4.78, 5) is 24.8. The maximum Gasteiger partial charge on any atom is 0.311 e. The van der Waals surface area contributed by atoms with Gasteiger partial charge in [-0.05, 0) is 123 Å². The number of hydrogen-bond acceptors (Lipinski definition) is 4. The lowest BCUT2D eigenvalue weighted by molar-refractivity contribution is -0.135. The lowest BCUT2D eigenvalue weighted by atomic mass is 9.77. The van der Waals surface area contributed by atoms with Crippen LogP contribution < -0.4 is 9.47 Å². The molecule has 0 aliphatic heterocycles. The van der Waals surface area contributed by atoms with E-state index in [2.05, 4.69) is 38.1 Å². The third kappa shape index (κ3) is 17.9. The molecule has 0 spiro atoms. The minimum atomic E-state index is -0.0996. The zero-order chi connectivity index (χ0) is 38.1. The molecule has 302 valence electrons. The van der Waals surface area contributed by atoms with Crippen LogP contribution in [-0.4, -0.2) is 11.9 Å². The third-order valence-electron chi connectivity index (χ3n) is 12.8. The number of rotatable bonds is 27. The standard InChI is InChI=1S/C50H78O4/c1-3-5-17-21-41-25-29-43(30-26-41)45-33-37-47(38-34-45)53-49(51)23-19-15-13-11-9-7-8-10-12-14-16-20-24-50(52)54-48-39-35-46(36-40-48)44-31-27-42(28-32-44)22-18-6-4-2/h33-44H,3-32H2,1-2H3. The second-order valence-electron chi connectivity index (χ2n) is 17.3. The first kappa shape index (κ1) is 44.1. The Labute approximate surface area is 331 Å². The van der Waals surface area contributed by atoms with Crippen LogP contribution in [-0.2, 0) is 9.59 Å². The largest absolute Gasteiger partial charge is 0.427 e. The number of esters is 2. The Kier molecular flexibility index (Phi) is 22.1. The highest BCUT2D eigenvalue weighted by Crippen LogP contribution is 2.39. The van der Waals surface area contributed by atoms with Gasteiger partial charge in [0.1, 0.15) is 11.5 Å². The summed E-state index contributed by atoms with van der Waals surface area (Å²) in [6, 6.07) is 16.7. The van der Waals surface area contributed by atoms with Gasteiger partial charge in [0.2, 0.25) is 0 Å². The van der Waals surface area contributed by atoms with E-state index in [1.807, 2.05) is 24.3 Å². The van der Waals surface area contributed by atoms with Gasteiger partial charge in [-0.25, -0.2) is 0 Å². The topological polar surface area (TPSA) is 52.6 Å². The van der Waals surface area contributed by atoms with Crippen LogP contribution in [0.1, 0.15) is 229 Å². The highest BCUT2D eigenvalue weighted by Gasteiger charge is 2.23. The summed E-state index contributed by atoms with van der Waals surface area (Å²) in [7, 11) is 0. The van der Waals surface area contributed by atoms with E-state index in [4.69, 9.17) is 9.47 Å². The van der Waals surface area contributed by atoms with Crippen molar-refractivity contribution in [1.82, 2.24) is 0 Å². The van der Waals surface area contributed by atoms with Crippen molar-refractivity contribution < 1.29 is 19.1 Å². The van der Waals surface area contributed by atoms with Crippen LogP contribution in [0.25, 0.3) is 0 Å². The monoisotopic (exact) mass is 743 g/mol. The number of carbonyl (C=O) groups excluding carboxylic acids is 2. The van der Waals surface area contributed by atoms with Gasteiger partial charge in [-0.2, -0.15) is 0 Å². The normalized spacial score (nSPS) is 20.1. The summed E-state index contributed by atoms with van der Waals surface area (Å²) < 4.78 is 11.3. The van der Waals surface area contributed by atoms with Crippen molar-refractivity contribution in [2.45, 2.75) is 218 Å². The molecule has 2 aromatic rings. The molecule has 0 radical (unpaired) electrons. The lowest BCUT2D eigenvalue weighted by Crippen LogP contribution is -2.13. The van der Waals surface area contributed by atoms with E-state index in [1.54, 1.807) is 0 Å². The molecule has 0 bridgehead atoms. The first-order valence-electron chi connectivity index (χ1n) is 23.1. The quantitative estimate of drug-likeness (QED) is 0.0519. The predicted octanol–water partition coefficient (Wildman–Crippen LogP) is 15.4. The van der Waals surface area contributed by atoms with Crippen LogP contribution in [0.2, 0.25) is 0 Å². The number of hydrogen-bond donors (Lipinski definition) is 0. The smallest absolute Gasteiger partial charge is 0.311 e. The van der Waals surface area contributed by atoms with Gasteiger partial charge in [-0.15, -0.1) is 0 Å². The molecule has 0 amide bonds. The molecule has 0 unspecified atom stereocenters. The van der Waals surface area contributed by atoms with Crippen molar-refractivity contribution in [1.29, 1.82) is 0 Å². The summed E-state index contributed by atoms with van der Waals surface area (Å²) in [6.45, 7) is 4.57. The summed E-state index contributed by atoms with van der Waals surface area (Å²) in [5.74, 6) is 4.38. The SMILES string of the molecule is CCCCCC1CCC(c2ccc(OC(=O)CCCCCCCCCCCCCCC(=O)Oc3ccc(C4CCC(CCCCC)CC4)cc3)cc2)CC1. The molecule has 2 aliphatic rings. The third-order valence-corrected chi connectivity index (χ3v) is 12.8. The van der Waals surface area contributed by atoms with Crippen molar-refractivity contribution in [3.63, 3.8) is 0 Å². The Hall–Kier alpha value is -2.62. The van der Waals surface area contributed by atoms with E-state index >= 15 is 0 Å². The molecule has 4 heteroatoms. The van der Waals surface area contributed by atoms with Gasteiger partial charge in [0.25, 0.3) is 0 Å². The second-order valence-corrected chi connectivity index (χ2v) is 17.3. The molecule has 0 N–H and O–H groups in total. The number of carbonyl (C=O) groups is 2. The second kappa shape index (κ2) is 27.1. The van der Waals surface area contributed by atoms with Gasteiger partial charge < -0.3 is 9.47 Å². The van der Waals surface area contributed by atoms with Crippen molar-refractivity contribution in [2.75, 3.05) is 0 Å². The molecular formula is C50H78O4. The molecule has 4 nitrogen and oxygen atoms in total. The van der Waals surface area contributed by atoms with Gasteiger partial charge in [0, 0.05) is 12.8 Å². The Morgan fingerprint density at radius 3 is 1.06 bits per heavy atom. The van der Waals surface area contributed by atoms with Crippen molar-refractivity contribution in [2.24, 2.45) is 11.8 Å². The molecule has 0 saturated heterocycles. The fourth-order valence-electron chi connectivity index (χ4n) is 9.22. The van der Waals surface area contributed by atoms with Crippen LogP contribution in [0.4, 0.5) is 0 Å². The maximum atomic E-state index is 12.4. The van der Waals surface area contributed by atoms with Crippen LogP contribution in [0.3, 0.4) is 0 Å². The molecule has 2 fully saturated rings. The van der Waals surface area contributed by atoms with Crippen LogP contribution >= 0.6 is 0 Å². The van der Waals surface area contributed by atoms with E-state index in [-0.39, 0.29) is 11.9 Å². The van der Waals surface area contributed by atoms with Gasteiger partial charge in [-0.3, -0.25) is 9.59 Å². The summed E-state index contributed by atoms with van der Waals surface area (Å²) in [5, 5.41) is 0. The van der Waals surface area contributed by atoms with E-state index < -0.39 is 0 Å². The van der Waals surface area contributed by atoms with E-state index in [9.17, 15) is 9.59 Å². The fraction of sp³-hybridized carbons (Fsp3) is 0.720. The van der Waals surface area contributed by atoms with Crippen LogP contribution in [0, 0.1) is 11.8 Å². The van der Waals surface area contributed by atoms with E-state index in [1.165, 1.54) is 165 Å². The van der Waals surface area contributed by atoms with E-state index in [0.717, 1.165) is 37.5 Å². The minimum Gasteiger partial charge on any atom is -0.427 e. The van der Waals surface area contributed by atoms with Crippen molar-refractivity contribution in [3.8, 4) is 11.5 Å². The van der Waals surface area contributed by atoms with Crippen LogP contribution in [0.5, 0.6) is 11.5 Å². The molecule has 2 aromatic carbocycles. The zero-order valence-electron chi connectivity index (χ0n) is 34.8. The lowest BCUT2D eigenvalue weighted by Gasteiger charge is -2.29. The fourth-order valence-corrected chi connectivity index (χ4v) is 9.22. The number of unbranched alkanes of at least 4 members (excludes halogenated alkanes) is 15. The molecule has 2 aliphatic carbocycles. The van der Waals surface area contributed by atoms with E-state index in [0.29, 0.717) is 36.2 Å². The summed E-state index contributed by atoms with van der Waals surface area (Å²) in [5.41, 5.74) is 2.82. The van der Waals surface area contributed by atoms with Crippen LogP contribution in [0.15, 0.2) is 48.5 Å². The molecule has 2 saturated carbocycles. The predicted molar refractivity (Wildman–Crippen MR) is 226 cm³/mol. The molecular weight excluding hydrogens is 665 g/mol. The molecule has 0 atom stereocenters. The molecule has 0 aromatic heterocycles. The van der Waals surface area contributed by atoms with Gasteiger partial charge in [0.15, 0.2) is 0 Å². The zero-order valence-corrected chi connectivity index (χ0v) is 34.8. The molecule has 4 rings (SSSR count). The number of benzene rings is 2. The van der Waals surface area contributed by atoms with Gasteiger partial charge >= 0.3 is 11.9 Å². The van der Waals surface area contributed by atoms with Gasteiger partial charge in [0.05, 0.1) is 0 Å². The Morgan fingerprint density at radius 2 is 0.741 bits per heavy atom. The summed E-state index contributed by atoms with van der Waals surface area (Å²) >= 11 is 0.